The average molecular weight is 267 g/mol. The van der Waals surface area contributed by atoms with Crippen molar-refractivity contribution in [1.82, 2.24) is 0 Å². The maximum atomic E-state index is 11.2. The second-order valence-electron chi connectivity index (χ2n) is 2.71. The van der Waals surface area contributed by atoms with Crippen LogP contribution in [0.5, 0.6) is 5.75 Å². The van der Waals surface area contributed by atoms with Crippen molar-refractivity contribution in [2.45, 2.75) is 4.90 Å². The van der Waals surface area contributed by atoms with Crippen LogP contribution in [0.25, 0.3) is 0 Å². The highest BCUT2D eigenvalue weighted by Crippen LogP contribution is 2.20. The molecular formula is C9H11ClO3S2. The van der Waals surface area contributed by atoms with Crippen LogP contribution in [-0.4, -0.2) is 26.3 Å². The van der Waals surface area contributed by atoms with Crippen molar-refractivity contribution in [3.8, 4) is 5.75 Å². The van der Waals surface area contributed by atoms with Crippen LogP contribution in [0, 0.1) is 0 Å². The lowest BCUT2D eigenvalue weighted by Crippen LogP contribution is -2.14. The first kappa shape index (κ1) is 12.7. The second kappa shape index (κ2) is 5.63. The third kappa shape index (κ3) is 4.32. The number of rotatable bonds is 5. The summed E-state index contributed by atoms with van der Waals surface area (Å²) in [5.41, 5.74) is 0. The van der Waals surface area contributed by atoms with E-state index in [2.05, 4.69) is 0 Å². The van der Waals surface area contributed by atoms with Gasteiger partial charge in [0, 0.05) is 10.8 Å². The molecule has 0 bridgehead atoms. The van der Waals surface area contributed by atoms with Gasteiger partial charge in [0.1, 0.15) is 5.75 Å². The molecule has 0 aliphatic carbocycles. The number of alkyl halides is 1. The molecule has 0 aliphatic heterocycles. The number of benzene rings is 1. The summed E-state index contributed by atoms with van der Waals surface area (Å²) in [4.78, 5) is 1.05. The van der Waals surface area contributed by atoms with Gasteiger partial charge in [-0.15, -0.1) is 23.4 Å². The van der Waals surface area contributed by atoms with E-state index in [0.29, 0.717) is 5.75 Å². The molecule has 3 nitrogen and oxygen atoms in total. The molecule has 0 fully saturated rings. The first-order chi connectivity index (χ1) is 7.07. The molecule has 6 heteroatoms. The van der Waals surface area contributed by atoms with E-state index >= 15 is 0 Å². The van der Waals surface area contributed by atoms with Crippen LogP contribution in [0.4, 0.5) is 0 Å². The molecule has 15 heavy (non-hydrogen) atoms. The maximum Gasteiger partial charge on any atom is 0.310 e. The number of halogens is 1. The van der Waals surface area contributed by atoms with Crippen molar-refractivity contribution in [1.29, 1.82) is 0 Å². The minimum Gasteiger partial charge on any atom is -0.382 e. The van der Waals surface area contributed by atoms with Gasteiger partial charge in [-0.3, -0.25) is 0 Å². The largest absolute Gasteiger partial charge is 0.382 e. The third-order valence-electron chi connectivity index (χ3n) is 1.61. The summed E-state index contributed by atoms with van der Waals surface area (Å²) in [6.07, 6.45) is 1.94. The quantitative estimate of drug-likeness (QED) is 0.466. The van der Waals surface area contributed by atoms with Crippen molar-refractivity contribution >= 4 is 33.5 Å². The van der Waals surface area contributed by atoms with Gasteiger partial charge in [-0.1, -0.05) is 0 Å². The van der Waals surface area contributed by atoms with E-state index in [1.807, 2.05) is 6.26 Å². The van der Waals surface area contributed by atoms with E-state index in [4.69, 9.17) is 15.8 Å². The Bertz CT molecular complexity index is 400. The van der Waals surface area contributed by atoms with Gasteiger partial charge >= 0.3 is 10.1 Å². The zero-order valence-corrected chi connectivity index (χ0v) is 10.5. The predicted octanol–water partition coefficient (Wildman–Crippen LogP) is 2.36. The van der Waals surface area contributed by atoms with Crippen LogP contribution in [0.3, 0.4) is 0 Å². The molecule has 0 heterocycles. The van der Waals surface area contributed by atoms with Crippen LogP contribution < -0.4 is 4.18 Å². The van der Waals surface area contributed by atoms with Crippen LogP contribution in [0.2, 0.25) is 0 Å². The van der Waals surface area contributed by atoms with E-state index in [9.17, 15) is 8.42 Å². The number of thioether (sulfide) groups is 1. The molecule has 0 N–H and O–H groups in total. The van der Waals surface area contributed by atoms with Crippen molar-refractivity contribution in [3.63, 3.8) is 0 Å². The molecule has 0 saturated carbocycles. The molecule has 0 spiro atoms. The van der Waals surface area contributed by atoms with Gasteiger partial charge in [0.25, 0.3) is 0 Å². The second-order valence-corrected chi connectivity index (χ2v) is 5.66. The molecule has 0 aromatic heterocycles. The summed E-state index contributed by atoms with van der Waals surface area (Å²) in [6, 6.07) is 6.85. The smallest absolute Gasteiger partial charge is 0.310 e. The molecule has 1 aromatic rings. The predicted molar refractivity (Wildman–Crippen MR) is 63.4 cm³/mol. The van der Waals surface area contributed by atoms with Gasteiger partial charge < -0.3 is 4.18 Å². The topological polar surface area (TPSA) is 43.4 Å². The fourth-order valence-electron chi connectivity index (χ4n) is 0.914. The minimum absolute atomic E-state index is 0.0330. The minimum atomic E-state index is -3.54. The van der Waals surface area contributed by atoms with Crippen molar-refractivity contribution in [3.05, 3.63) is 24.3 Å². The average Bonchev–Trinajstić information content (AvgIpc) is 2.18. The molecule has 0 amide bonds. The summed E-state index contributed by atoms with van der Waals surface area (Å²) in [5, 5.41) is 0. The van der Waals surface area contributed by atoms with Crippen LogP contribution >= 0.6 is 23.4 Å². The zero-order chi connectivity index (χ0) is 11.3. The van der Waals surface area contributed by atoms with Crippen LogP contribution in [0.15, 0.2) is 29.2 Å². The first-order valence-corrected chi connectivity index (χ1v) is 7.53. The third-order valence-corrected chi connectivity index (χ3v) is 3.92. The Morgan fingerprint density at radius 2 is 1.93 bits per heavy atom. The summed E-state index contributed by atoms with van der Waals surface area (Å²) >= 11 is 6.92. The Hall–Kier alpha value is -0.390. The maximum absolute atomic E-state index is 11.2. The highest BCUT2D eigenvalue weighted by molar-refractivity contribution is 7.98. The lowest BCUT2D eigenvalue weighted by Gasteiger charge is -2.05. The molecule has 0 atom stereocenters. The van der Waals surface area contributed by atoms with E-state index in [-0.39, 0.29) is 11.6 Å². The molecule has 1 aromatic carbocycles. The Labute approximate surface area is 98.9 Å². The molecule has 0 radical (unpaired) electrons. The first-order valence-electron chi connectivity index (χ1n) is 4.19. The monoisotopic (exact) mass is 266 g/mol. The number of hydrogen-bond donors (Lipinski definition) is 0. The van der Waals surface area contributed by atoms with E-state index < -0.39 is 10.1 Å². The molecule has 0 aliphatic rings. The fraction of sp³-hybridized carbons (Fsp3) is 0.333. The van der Waals surface area contributed by atoms with E-state index in [0.717, 1.165) is 4.90 Å². The van der Waals surface area contributed by atoms with Crippen LogP contribution in [0.1, 0.15) is 0 Å². The standard InChI is InChI=1S/C9H11ClO3S2/c1-14-9-4-2-8(3-5-9)13-15(11,12)7-6-10/h2-5H,6-7H2,1H3. The summed E-state index contributed by atoms with van der Waals surface area (Å²) in [5.74, 6) is 0.169. The van der Waals surface area contributed by atoms with Gasteiger partial charge in [-0.2, -0.15) is 8.42 Å². The van der Waals surface area contributed by atoms with Gasteiger partial charge in [-0.25, -0.2) is 0 Å². The Balaban J connectivity index is 2.73. The fourth-order valence-corrected chi connectivity index (χ4v) is 2.57. The number of hydrogen-bond acceptors (Lipinski definition) is 4. The normalized spacial score (nSPS) is 11.3. The van der Waals surface area contributed by atoms with Crippen molar-refractivity contribution in [2.24, 2.45) is 0 Å². The SMILES string of the molecule is CSc1ccc(OS(=O)(=O)CCCl)cc1. The molecule has 0 saturated heterocycles. The summed E-state index contributed by atoms with van der Waals surface area (Å²) in [7, 11) is -3.54. The molecule has 84 valence electrons. The lowest BCUT2D eigenvalue weighted by molar-refractivity contribution is 0.487. The molecular weight excluding hydrogens is 256 g/mol. The molecule has 1 rings (SSSR count). The van der Waals surface area contributed by atoms with Crippen molar-refractivity contribution < 1.29 is 12.6 Å². The Morgan fingerprint density at radius 1 is 1.33 bits per heavy atom. The lowest BCUT2D eigenvalue weighted by atomic mass is 10.3. The van der Waals surface area contributed by atoms with Gasteiger partial charge in [0.15, 0.2) is 0 Å². The highest BCUT2D eigenvalue weighted by Gasteiger charge is 2.11. The van der Waals surface area contributed by atoms with Gasteiger partial charge in [0.05, 0.1) is 5.75 Å². The van der Waals surface area contributed by atoms with Crippen molar-refractivity contribution in [2.75, 3.05) is 17.9 Å². The van der Waals surface area contributed by atoms with Gasteiger partial charge in [-0.05, 0) is 30.5 Å². The molecule has 0 unspecified atom stereocenters. The van der Waals surface area contributed by atoms with E-state index in [1.165, 1.54) is 0 Å². The Morgan fingerprint density at radius 3 is 2.40 bits per heavy atom. The summed E-state index contributed by atoms with van der Waals surface area (Å²) in [6.45, 7) is 0. The highest BCUT2D eigenvalue weighted by atomic mass is 35.5. The van der Waals surface area contributed by atoms with Gasteiger partial charge in [0.2, 0.25) is 0 Å². The zero-order valence-electron chi connectivity index (χ0n) is 8.14. The van der Waals surface area contributed by atoms with E-state index in [1.54, 1.807) is 36.0 Å². The Kier molecular flexibility index (Phi) is 4.76. The summed E-state index contributed by atoms with van der Waals surface area (Å²) < 4.78 is 27.3. The van der Waals surface area contributed by atoms with Crippen LogP contribution in [-0.2, 0) is 10.1 Å².